The van der Waals surface area contributed by atoms with E-state index in [2.05, 4.69) is 26.2 Å². The van der Waals surface area contributed by atoms with Crippen molar-refractivity contribution < 1.29 is 18.7 Å². The van der Waals surface area contributed by atoms with Crippen LogP contribution in [-0.4, -0.2) is 39.1 Å². The highest BCUT2D eigenvalue weighted by Crippen LogP contribution is 2.30. The van der Waals surface area contributed by atoms with Gasteiger partial charge in [0.1, 0.15) is 11.4 Å². The lowest BCUT2D eigenvalue weighted by Crippen LogP contribution is -2.12. The van der Waals surface area contributed by atoms with E-state index in [1.165, 1.54) is 22.3 Å². The van der Waals surface area contributed by atoms with Crippen molar-refractivity contribution in [3.63, 3.8) is 0 Å². The number of rotatable bonds is 6. The van der Waals surface area contributed by atoms with Gasteiger partial charge in [-0.3, -0.25) is 9.59 Å². The molecular weight excluding hydrogens is 420 g/mol. The average Bonchev–Trinajstić information content (AvgIpc) is 3.49. The Kier molecular flexibility index (Phi) is 5.50. The van der Waals surface area contributed by atoms with Crippen LogP contribution < -0.4 is 15.4 Å². The predicted octanol–water partition coefficient (Wildman–Crippen LogP) is 3.45. The molecule has 3 heterocycles. The number of hydrogen-bond donors (Lipinski definition) is 2. The lowest BCUT2D eigenvalue weighted by molar-refractivity contribution is 0.0995. The number of carbonyl (C=O) groups is 2. The van der Waals surface area contributed by atoms with Crippen molar-refractivity contribution >= 4 is 33.8 Å². The van der Waals surface area contributed by atoms with E-state index >= 15 is 0 Å². The number of anilines is 2. The van der Waals surface area contributed by atoms with Crippen molar-refractivity contribution in [1.82, 2.24) is 20.2 Å². The van der Waals surface area contributed by atoms with Gasteiger partial charge in [-0.05, 0) is 66.2 Å². The van der Waals surface area contributed by atoms with Gasteiger partial charge in [0.15, 0.2) is 11.6 Å². The first kappa shape index (κ1) is 20.3. The van der Waals surface area contributed by atoms with E-state index in [1.807, 2.05) is 0 Å². The lowest BCUT2D eigenvalue weighted by atomic mass is 10.2. The first-order valence-electron chi connectivity index (χ1n) is 9.16. The predicted molar refractivity (Wildman–Crippen MR) is 114 cm³/mol. The number of nitrogens with one attached hydrogen (secondary N) is 2. The van der Waals surface area contributed by atoms with Crippen molar-refractivity contribution in [3.8, 4) is 11.4 Å². The number of benzene rings is 1. The van der Waals surface area contributed by atoms with E-state index in [9.17, 15) is 9.59 Å². The van der Waals surface area contributed by atoms with Crippen molar-refractivity contribution in [1.29, 1.82) is 0 Å². The van der Waals surface area contributed by atoms with Gasteiger partial charge in [0.05, 0.1) is 23.3 Å². The molecule has 3 aromatic heterocycles. The third-order valence-corrected chi connectivity index (χ3v) is 5.55. The van der Waals surface area contributed by atoms with Crippen LogP contribution in [0.1, 0.15) is 31.6 Å². The van der Waals surface area contributed by atoms with E-state index in [0.717, 1.165) is 5.56 Å². The Labute approximate surface area is 180 Å². The summed E-state index contributed by atoms with van der Waals surface area (Å²) in [5.74, 6) is 0.650. The molecule has 0 saturated heterocycles. The standard InChI is InChI=1S/C20H18N6O4S/c1-11-9-17(22-19(27)16-5-4-8-30-16)31-18(11)20(28)21-13-6-7-15(29-3)14(10-13)26-12(2)23-24-25-26/h4-10H,1-3H3,(H,21,28)(H,22,27). The molecule has 4 aromatic rings. The minimum absolute atomic E-state index is 0.195. The summed E-state index contributed by atoms with van der Waals surface area (Å²) in [5, 5.41) is 17.6. The van der Waals surface area contributed by atoms with Crippen LogP contribution in [0.2, 0.25) is 0 Å². The third kappa shape index (κ3) is 4.16. The van der Waals surface area contributed by atoms with Crippen molar-refractivity contribution in [2.45, 2.75) is 13.8 Å². The van der Waals surface area contributed by atoms with Crippen LogP contribution in [0.15, 0.2) is 47.1 Å². The maximum Gasteiger partial charge on any atom is 0.291 e. The van der Waals surface area contributed by atoms with E-state index in [1.54, 1.807) is 57.4 Å². The van der Waals surface area contributed by atoms with Crippen molar-refractivity contribution in [2.75, 3.05) is 17.7 Å². The molecule has 2 N–H and O–H groups in total. The summed E-state index contributed by atoms with van der Waals surface area (Å²) in [6.07, 6.45) is 1.42. The van der Waals surface area contributed by atoms with Gasteiger partial charge in [0, 0.05) is 5.69 Å². The molecule has 0 bridgehead atoms. The maximum atomic E-state index is 12.9. The summed E-state index contributed by atoms with van der Waals surface area (Å²) < 4.78 is 12.0. The Hall–Kier alpha value is -3.99. The minimum atomic E-state index is -0.380. The smallest absolute Gasteiger partial charge is 0.291 e. The zero-order chi connectivity index (χ0) is 22.0. The summed E-state index contributed by atoms with van der Waals surface area (Å²) in [7, 11) is 1.55. The quantitative estimate of drug-likeness (QED) is 0.472. The maximum absolute atomic E-state index is 12.9. The van der Waals surface area contributed by atoms with Crippen LogP contribution >= 0.6 is 11.3 Å². The monoisotopic (exact) mass is 438 g/mol. The van der Waals surface area contributed by atoms with Crippen LogP contribution in [0.25, 0.3) is 5.69 Å². The third-order valence-electron chi connectivity index (χ3n) is 4.40. The molecule has 1 aromatic carbocycles. The second-order valence-electron chi connectivity index (χ2n) is 6.53. The molecule has 31 heavy (non-hydrogen) atoms. The fraction of sp³-hybridized carbons (Fsp3) is 0.150. The second kappa shape index (κ2) is 8.40. The molecule has 0 saturated carbocycles. The molecule has 0 spiro atoms. The van der Waals surface area contributed by atoms with Gasteiger partial charge in [-0.2, -0.15) is 4.68 Å². The molecule has 0 unspecified atom stereocenters. The Morgan fingerprint density at radius 3 is 2.65 bits per heavy atom. The number of carbonyl (C=O) groups excluding carboxylic acids is 2. The SMILES string of the molecule is COc1ccc(NC(=O)c2sc(NC(=O)c3ccco3)cc2C)cc1-n1nnnc1C. The number of nitrogens with zero attached hydrogens (tertiary/aromatic N) is 4. The van der Waals surface area contributed by atoms with Gasteiger partial charge in [-0.25, -0.2) is 0 Å². The van der Waals surface area contributed by atoms with Gasteiger partial charge >= 0.3 is 0 Å². The Balaban J connectivity index is 1.54. The molecule has 158 valence electrons. The van der Waals surface area contributed by atoms with E-state index < -0.39 is 0 Å². The topological polar surface area (TPSA) is 124 Å². The summed E-state index contributed by atoms with van der Waals surface area (Å²) in [6, 6.07) is 10.1. The number of tetrazole rings is 1. The number of thiophene rings is 1. The fourth-order valence-electron chi connectivity index (χ4n) is 2.93. The summed E-state index contributed by atoms with van der Waals surface area (Å²) in [4.78, 5) is 25.5. The molecule has 0 atom stereocenters. The molecule has 2 amide bonds. The van der Waals surface area contributed by atoms with Gasteiger partial charge < -0.3 is 19.8 Å². The van der Waals surface area contributed by atoms with E-state index in [4.69, 9.17) is 9.15 Å². The first-order valence-corrected chi connectivity index (χ1v) is 9.98. The van der Waals surface area contributed by atoms with Gasteiger partial charge in [0.2, 0.25) is 0 Å². The molecule has 0 aliphatic carbocycles. The zero-order valence-corrected chi connectivity index (χ0v) is 17.7. The Morgan fingerprint density at radius 1 is 1.13 bits per heavy atom. The largest absolute Gasteiger partial charge is 0.494 e. The first-order chi connectivity index (χ1) is 15.0. The second-order valence-corrected chi connectivity index (χ2v) is 7.59. The van der Waals surface area contributed by atoms with Crippen LogP contribution in [0, 0.1) is 13.8 Å². The number of methoxy groups -OCH3 is 1. The Bertz CT molecular complexity index is 1240. The molecular formula is C20H18N6O4S. The molecule has 0 radical (unpaired) electrons. The average molecular weight is 438 g/mol. The minimum Gasteiger partial charge on any atom is -0.494 e. The van der Waals surface area contributed by atoms with Gasteiger partial charge in [-0.15, -0.1) is 16.4 Å². The molecule has 4 rings (SSSR count). The molecule has 0 fully saturated rings. The van der Waals surface area contributed by atoms with Gasteiger partial charge in [0.25, 0.3) is 11.8 Å². The van der Waals surface area contributed by atoms with Crippen molar-refractivity contribution in [2.24, 2.45) is 0 Å². The normalized spacial score (nSPS) is 10.7. The number of aryl methyl sites for hydroxylation is 2. The summed E-state index contributed by atoms with van der Waals surface area (Å²) in [5.41, 5.74) is 1.88. The molecule has 0 aliphatic heterocycles. The van der Waals surface area contributed by atoms with Crippen LogP contribution in [-0.2, 0) is 0 Å². The highest BCUT2D eigenvalue weighted by atomic mass is 32.1. The highest BCUT2D eigenvalue weighted by Gasteiger charge is 2.18. The molecule has 10 nitrogen and oxygen atoms in total. The molecule has 0 aliphatic rings. The number of hydrogen-bond acceptors (Lipinski definition) is 8. The van der Waals surface area contributed by atoms with Gasteiger partial charge in [-0.1, -0.05) is 0 Å². The number of amides is 2. The zero-order valence-electron chi connectivity index (χ0n) is 16.9. The number of ether oxygens (including phenoxy) is 1. The summed E-state index contributed by atoms with van der Waals surface area (Å²) >= 11 is 1.18. The van der Waals surface area contributed by atoms with Crippen LogP contribution in [0.4, 0.5) is 10.7 Å². The van der Waals surface area contributed by atoms with Crippen LogP contribution in [0.3, 0.4) is 0 Å². The lowest BCUT2D eigenvalue weighted by Gasteiger charge is -2.11. The number of aromatic nitrogens is 4. The van der Waals surface area contributed by atoms with E-state index in [0.29, 0.717) is 32.8 Å². The van der Waals surface area contributed by atoms with Crippen LogP contribution in [0.5, 0.6) is 5.75 Å². The van der Waals surface area contributed by atoms with Crippen molar-refractivity contribution in [3.05, 3.63) is 64.7 Å². The molecule has 11 heteroatoms. The fourth-order valence-corrected chi connectivity index (χ4v) is 3.89. The number of furan rings is 1. The van der Waals surface area contributed by atoms with E-state index in [-0.39, 0.29) is 17.6 Å². The summed E-state index contributed by atoms with van der Waals surface area (Å²) in [6.45, 7) is 3.57. The highest BCUT2D eigenvalue weighted by molar-refractivity contribution is 7.18. The Morgan fingerprint density at radius 2 is 1.97 bits per heavy atom.